The normalized spacial score (nSPS) is 22.9. The Morgan fingerprint density at radius 3 is 2.66 bits per heavy atom. The summed E-state index contributed by atoms with van der Waals surface area (Å²) in [5.74, 6) is 0.962. The van der Waals surface area contributed by atoms with Crippen molar-refractivity contribution in [3.8, 4) is 0 Å². The average molecular weight is 678 g/mol. The molecule has 6 rings (SSSR count). The first kappa shape index (κ1) is 34.8. The quantitative estimate of drug-likeness (QED) is 0.205. The molecule has 0 aromatic heterocycles. The smallest absolute Gasteiger partial charge is 0.237 e. The predicted octanol–water partition coefficient (Wildman–Crippen LogP) is 4.10. The van der Waals surface area contributed by atoms with Gasteiger partial charge in [0, 0.05) is 80.0 Å². The number of carbonyl (C=O) groups excluding carboxylic acids is 2. The SMILES string of the molecule is CN=CN=C(N)c1ccc(C2=CCN(C(=O)CN3CC[C@]4(CCN(c5ccc(N)c(C(=N)C6C=CN=C(OC(C)C)C6)c5)C4=O)C3)CC2)cc1. The lowest BCUT2D eigenvalue weighted by Gasteiger charge is -2.29. The molecule has 2 aromatic carbocycles. The van der Waals surface area contributed by atoms with Crippen LogP contribution >= 0.6 is 0 Å². The molecule has 0 saturated carbocycles. The number of rotatable bonds is 9. The molecule has 262 valence electrons. The third-order valence-electron chi connectivity index (χ3n) is 10.0. The van der Waals surface area contributed by atoms with Crippen LogP contribution in [0.4, 0.5) is 11.4 Å². The number of hydrogen-bond donors (Lipinski definition) is 3. The highest BCUT2D eigenvalue weighted by Crippen LogP contribution is 2.43. The third kappa shape index (κ3) is 7.40. The summed E-state index contributed by atoms with van der Waals surface area (Å²) in [6.45, 7) is 7.27. The maximum absolute atomic E-state index is 14.0. The number of likely N-dealkylation sites (tertiary alicyclic amines) is 1. The Hall–Kier alpha value is -5.10. The number of anilines is 2. The van der Waals surface area contributed by atoms with Crippen LogP contribution in [0.1, 0.15) is 56.2 Å². The van der Waals surface area contributed by atoms with Gasteiger partial charge in [-0.25, -0.2) is 9.98 Å². The number of hydrogen-bond acceptors (Lipinski definition) is 8. The minimum Gasteiger partial charge on any atom is -0.478 e. The van der Waals surface area contributed by atoms with Crippen molar-refractivity contribution in [1.29, 1.82) is 5.41 Å². The molecule has 4 heterocycles. The number of nitrogens with one attached hydrogen (secondary N) is 1. The molecular weight excluding hydrogens is 630 g/mol. The van der Waals surface area contributed by atoms with Crippen molar-refractivity contribution in [3.05, 3.63) is 77.5 Å². The number of nitrogen functional groups attached to an aromatic ring is 1. The van der Waals surface area contributed by atoms with E-state index in [1.54, 1.807) is 19.3 Å². The van der Waals surface area contributed by atoms with Gasteiger partial charge in [0.2, 0.25) is 11.8 Å². The van der Waals surface area contributed by atoms with Gasteiger partial charge in [-0.15, -0.1) is 0 Å². The van der Waals surface area contributed by atoms with Crippen molar-refractivity contribution in [2.75, 3.05) is 56.9 Å². The molecule has 4 aliphatic heterocycles. The minimum absolute atomic E-state index is 0.000609. The van der Waals surface area contributed by atoms with Crippen LogP contribution in [-0.4, -0.2) is 97.8 Å². The summed E-state index contributed by atoms with van der Waals surface area (Å²) in [5, 5.41) is 8.98. The molecule has 0 aliphatic carbocycles. The fraction of sp³-hybridized carbons (Fsp3) is 0.421. The van der Waals surface area contributed by atoms with E-state index in [1.165, 1.54) is 11.9 Å². The predicted molar refractivity (Wildman–Crippen MR) is 200 cm³/mol. The number of nitrogens with two attached hydrogens (primary N) is 2. The lowest BCUT2D eigenvalue weighted by atomic mass is 9.85. The van der Waals surface area contributed by atoms with Crippen LogP contribution in [0.3, 0.4) is 0 Å². The number of carbonyl (C=O) groups is 2. The first-order valence-corrected chi connectivity index (χ1v) is 17.3. The molecule has 5 N–H and O–H groups in total. The number of benzene rings is 2. The van der Waals surface area contributed by atoms with Crippen molar-refractivity contribution < 1.29 is 14.3 Å². The zero-order valence-electron chi connectivity index (χ0n) is 29.1. The Morgan fingerprint density at radius 1 is 1.16 bits per heavy atom. The van der Waals surface area contributed by atoms with Crippen LogP contribution in [0.15, 0.2) is 75.8 Å². The van der Waals surface area contributed by atoms with Crippen LogP contribution in [0, 0.1) is 16.7 Å². The van der Waals surface area contributed by atoms with Crippen molar-refractivity contribution in [3.63, 3.8) is 0 Å². The Kier molecular flexibility index (Phi) is 10.3. The lowest BCUT2D eigenvalue weighted by Crippen LogP contribution is -2.43. The number of aliphatic imine (C=N–C) groups is 3. The van der Waals surface area contributed by atoms with Crippen LogP contribution in [0.5, 0.6) is 0 Å². The van der Waals surface area contributed by atoms with E-state index in [9.17, 15) is 9.59 Å². The minimum atomic E-state index is -0.514. The Labute approximate surface area is 293 Å². The summed E-state index contributed by atoms with van der Waals surface area (Å²) in [7, 11) is 1.65. The van der Waals surface area contributed by atoms with Crippen molar-refractivity contribution in [2.45, 2.75) is 45.6 Å². The van der Waals surface area contributed by atoms with E-state index in [0.717, 1.165) is 36.1 Å². The Bertz CT molecular complexity index is 1790. The fourth-order valence-electron chi connectivity index (χ4n) is 7.27. The van der Waals surface area contributed by atoms with E-state index < -0.39 is 5.41 Å². The van der Waals surface area contributed by atoms with Crippen LogP contribution in [0.2, 0.25) is 0 Å². The lowest BCUT2D eigenvalue weighted by molar-refractivity contribution is -0.132. The molecule has 4 aliphatic rings. The summed E-state index contributed by atoms with van der Waals surface area (Å²) < 4.78 is 5.79. The Morgan fingerprint density at radius 2 is 1.94 bits per heavy atom. The summed E-state index contributed by atoms with van der Waals surface area (Å²) in [6, 6.07) is 13.5. The number of allylic oxidation sites excluding steroid dienone is 1. The van der Waals surface area contributed by atoms with Gasteiger partial charge in [-0.05, 0) is 69.0 Å². The molecule has 2 atom stereocenters. The first-order valence-electron chi connectivity index (χ1n) is 17.3. The van der Waals surface area contributed by atoms with Crippen molar-refractivity contribution in [1.82, 2.24) is 9.80 Å². The summed E-state index contributed by atoms with van der Waals surface area (Å²) >= 11 is 0. The van der Waals surface area contributed by atoms with E-state index in [-0.39, 0.29) is 23.8 Å². The van der Waals surface area contributed by atoms with Gasteiger partial charge in [-0.2, -0.15) is 0 Å². The monoisotopic (exact) mass is 677 g/mol. The van der Waals surface area contributed by atoms with Gasteiger partial charge in [0.1, 0.15) is 12.2 Å². The van der Waals surface area contributed by atoms with Gasteiger partial charge in [0.05, 0.1) is 18.1 Å². The van der Waals surface area contributed by atoms with E-state index in [2.05, 4.69) is 26.0 Å². The topological polar surface area (TPSA) is 166 Å². The van der Waals surface area contributed by atoms with Gasteiger partial charge >= 0.3 is 0 Å². The molecule has 0 radical (unpaired) electrons. The molecule has 2 amide bonds. The van der Waals surface area contributed by atoms with E-state index in [0.29, 0.717) is 74.4 Å². The summed E-state index contributed by atoms with van der Waals surface area (Å²) in [5.41, 5.74) is 17.3. The zero-order valence-corrected chi connectivity index (χ0v) is 29.1. The summed E-state index contributed by atoms with van der Waals surface area (Å²) in [6.07, 6.45) is 9.83. The third-order valence-corrected chi connectivity index (χ3v) is 10.0. The highest BCUT2D eigenvalue weighted by molar-refractivity contribution is 6.09. The van der Waals surface area contributed by atoms with E-state index >= 15 is 0 Å². The first-order chi connectivity index (χ1) is 24.1. The van der Waals surface area contributed by atoms with Gasteiger partial charge in [0.25, 0.3) is 0 Å². The summed E-state index contributed by atoms with van der Waals surface area (Å²) in [4.78, 5) is 45.5. The van der Waals surface area contributed by atoms with Crippen molar-refractivity contribution in [2.24, 2.45) is 32.0 Å². The van der Waals surface area contributed by atoms with Crippen LogP contribution < -0.4 is 16.4 Å². The number of ether oxygens (including phenoxy) is 1. The molecule has 50 heavy (non-hydrogen) atoms. The molecule has 12 heteroatoms. The van der Waals surface area contributed by atoms with E-state index in [4.69, 9.17) is 21.6 Å². The number of amidine groups is 1. The molecule has 2 aromatic rings. The van der Waals surface area contributed by atoms with Gasteiger partial charge in [-0.1, -0.05) is 36.4 Å². The number of nitrogens with zero attached hydrogens (tertiary/aromatic N) is 6. The second kappa shape index (κ2) is 14.8. The maximum atomic E-state index is 14.0. The molecule has 1 unspecified atom stereocenters. The largest absolute Gasteiger partial charge is 0.478 e. The van der Waals surface area contributed by atoms with E-state index in [1.807, 2.05) is 66.1 Å². The molecular formula is C38H47N9O3. The van der Waals surface area contributed by atoms with Gasteiger partial charge in [-0.3, -0.25) is 19.5 Å². The molecule has 2 fully saturated rings. The number of amides is 2. The second-order valence-corrected chi connectivity index (χ2v) is 13.8. The van der Waals surface area contributed by atoms with Crippen LogP contribution in [0.25, 0.3) is 5.57 Å². The average Bonchev–Trinajstić information content (AvgIpc) is 3.68. The highest BCUT2D eigenvalue weighted by atomic mass is 16.5. The van der Waals surface area contributed by atoms with Gasteiger partial charge in [0.15, 0.2) is 5.90 Å². The fourth-order valence-corrected chi connectivity index (χ4v) is 7.27. The zero-order chi connectivity index (χ0) is 35.4. The maximum Gasteiger partial charge on any atom is 0.237 e. The second-order valence-electron chi connectivity index (χ2n) is 13.8. The van der Waals surface area contributed by atoms with Crippen LogP contribution in [-0.2, 0) is 14.3 Å². The Balaban J connectivity index is 1.04. The standard InChI is InChI=1S/C38H47N9O3/c1-25(2)50-33-20-29(10-15-43-33)35(40)31-21-30(8-9-32(31)39)47-19-14-38(37(47)49)13-18-45(23-38)22-34(48)46-16-11-27(12-17-46)26-4-6-28(7-5-26)36(41)44-24-42-3/h4-11,15,21,24-25,29,40H,12-14,16-20,22-23,39H2,1-3H3,(H2,41,42,44)/t29?,38-/m0/s1. The highest BCUT2D eigenvalue weighted by Gasteiger charge is 2.51. The molecule has 2 saturated heterocycles. The molecule has 0 bridgehead atoms. The molecule has 12 nitrogen and oxygen atoms in total. The van der Waals surface area contributed by atoms with Gasteiger partial charge < -0.3 is 31.4 Å². The van der Waals surface area contributed by atoms with Crippen molar-refractivity contribution >= 4 is 52.5 Å². The molecule has 1 spiro atoms.